The largest absolute Gasteiger partial charge is 0.477 e. The van der Waals surface area contributed by atoms with Gasteiger partial charge in [0.2, 0.25) is 5.88 Å². The van der Waals surface area contributed by atoms with Gasteiger partial charge in [0, 0.05) is 6.20 Å². The Morgan fingerprint density at radius 2 is 2.30 bits per heavy atom. The second-order valence-electron chi connectivity index (χ2n) is 4.96. The third kappa shape index (κ3) is 4.85. The molecule has 2 rings (SSSR count). The van der Waals surface area contributed by atoms with Crippen molar-refractivity contribution in [1.29, 1.82) is 0 Å². The molecule has 0 saturated carbocycles. The van der Waals surface area contributed by atoms with Gasteiger partial charge in [0.1, 0.15) is 10.6 Å². The highest BCUT2D eigenvalue weighted by Gasteiger charge is 2.19. The summed E-state index contributed by atoms with van der Waals surface area (Å²) in [5.41, 5.74) is 0.311. The topological polar surface area (TPSA) is 94.9 Å². The number of thioether (sulfide) groups is 1. The Balaban J connectivity index is 2.16. The van der Waals surface area contributed by atoms with Crippen LogP contribution in [0.3, 0.4) is 0 Å². The minimum Gasteiger partial charge on any atom is -0.477 e. The van der Waals surface area contributed by atoms with Gasteiger partial charge in [-0.3, -0.25) is 5.10 Å². The molecule has 0 saturated heterocycles. The van der Waals surface area contributed by atoms with Gasteiger partial charge in [-0.05, 0) is 18.2 Å². The average Bonchev–Trinajstić information content (AvgIpc) is 3.15. The summed E-state index contributed by atoms with van der Waals surface area (Å²) in [6, 6.07) is 0. The summed E-state index contributed by atoms with van der Waals surface area (Å²) in [5, 5.41) is 16.8. The van der Waals surface area contributed by atoms with Crippen LogP contribution in [0.5, 0.6) is 5.88 Å². The molecular weight excluding hydrogens is 318 g/mol. The minimum atomic E-state index is -0.448. The Kier molecular flexibility index (Phi) is 6.21. The molecule has 0 aromatic carbocycles. The van der Waals surface area contributed by atoms with Crippen molar-refractivity contribution in [2.24, 2.45) is 5.92 Å². The summed E-state index contributed by atoms with van der Waals surface area (Å²) in [4.78, 5) is 12.0. The first kappa shape index (κ1) is 17.1. The Morgan fingerprint density at radius 3 is 2.96 bits per heavy atom. The molecule has 124 valence electrons. The molecular formula is C14H19N5O3S. The quantitative estimate of drug-likeness (QED) is 0.584. The first-order valence-electron chi connectivity index (χ1n) is 7.18. The van der Waals surface area contributed by atoms with E-state index in [2.05, 4.69) is 20.5 Å². The molecule has 0 spiro atoms. The molecule has 2 heterocycles. The van der Waals surface area contributed by atoms with Crippen molar-refractivity contribution in [2.75, 3.05) is 13.2 Å². The number of nitrogens with zero attached hydrogens (tertiary/aromatic N) is 4. The molecule has 0 aliphatic carbocycles. The Hall–Kier alpha value is -2.29. The lowest BCUT2D eigenvalue weighted by Crippen LogP contribution is -2.11. The third-order valence-electron chi connectivity index (χ3n) is 2.59. The third-order valence-corrected chi connectivity index (χ3v) is 3.30. The van der Waals surface area contributed by atoms with Crippen LogP contribution in [-0.2, 0) is 4.74 Å². The summed E-state index contributed by atoms with van der Waals surface area (Å²) >= 11 is 1.39. The van der Waals surface area contributed by atoms with E-state index < -0.39 is 5.97 Å². The van der Waals surface area contributed by atoms with Gasteiger partial charge < -0.3 is 9.47 Å². The summed E-state index contributed by atoms with van der Waals surface area (Å²) in [5.74, 6) is 0.246. The van der Waals surface area contributed by atoms with Crippen molar-refractivity contribution in [2.45, 2.75) is 25.8 Å². The van der Waals surface area contributed by atoms with E-state index in [1.165, 1.54) is 22.6 Å². The smallest absolute Gasteiger partial charge is 0.345 e. The van der Waals surface area contributed by atoms with Crippen molar-refractivity contribution in [3.8, 4) is 5.88 Å². The normalized spacial score (nSPS) is 11.3. The second kappa shape index (κ2) is 8.37. The number of rotatable bonds is 8. The number of H-pyrrole nitrogens is 1. The Bertz CT molecular complexity index is 651. The van der Waals surface area contributed by atoms with Crippen LogP contribution in [0.1, 0.15) is 31.1 Å². The average molecular weight is 337 g/mol. The highest BCUT2D eigenvalue weighted by molar-refractivity contribution is 8.02. The summed E-state index contributed by atoms with van der Waals surface area (Å²) in [7, 11) is 0. The van der Waals surface area contributed by atoms with Gasteiger partial charge in [0.25, 0.3) is 0 Å². The van der Waals surface area contributed by atoms with Gasteiger partial charge in [0.05, 0.1) is 25.6 Å². The Morgan fingerprint density at radius 1 is 1.48 bits per heavy atom. The molecule has 8 nitrogen and oxygen atoms in total. The lowest BCUT2D eigenvalue weighted by molar-refractivity contribution is 0.0520. The number of carbonyl (C=O) groups excluding carboxylic acids is 1. The fraction of sp³-hybridized carbons (Fsp3) is 0.429. The van der Waals surface area contributed by atoms with Crippen molar-refractivity contribution >= 4 is 23.9 Å². The molecule has 1 N–H and O–H groups in total. The van der Waals surface area contributed by atoms with Crippen LogP contribution in [0.25, 0.3) is 6.20 Å². The molecule has 23 heavy (non-hydrogen) atoms. The van der Waals surface area contributed by atoms with Crippen LogP contribution in [0.4, 0.5) is 0 Å². The van der Waals surface area contributed by atoms with Gasteiger partial charge in [-0.1, -0.05) is 30.8 Å². The Labute approximate surface area is 138 Å². The van der Waals surface area contributed by atoms with E-state index >= 15 is 0 Å². The molecule has 0 aliphatic rings. The first-order chi connectivity index (χ1) is 11.1. The van der Waals surface area contributed by atoms with Gasteiger partial charge in [-0.2, -0.15) is 5.10 Å². The maximum absolute atomic E-state index is 12.0. The SMILES string of the molecule is CCOC(=O)c1cnn(/C=C\Sc2cnn[nH]2)c1OCC(C)C. The minimum absolute atomic E-state index is 0.298. The van der Waals surface area contributed by atoms with E-state index in [4.69, 9.17) is 9.47 Å². The van der Waals surface area contributed by atoms with Crippen LogP contribution in [0.2, 0.25) is 0 Å². The summed E-state index contributed by atoms with van der Waals surface area (Å²) < 4.78 is 12.3. The molecule has 0 radical (unpaired) electrons. The van der Waals surface area contributed by atoms with Gasteiger partial charge in [0.15, 0.2) is 0 Å². The fourth-order valence-corrected chi connectivity index (χ4v) is 2.13. The molecule has 2 aromatic heterocycles. The van der Waals surface area contributed by atoms with E-state index in [-0.39, 0.29) is 0 Å². The van der Waals surface area contributed by atoms with E-state index in [0.29, 0.717) is 30.6 Å². The van der Waals surface area contributed by atoms with Crippen molar-refractivity contribution in [3.63, 3.8) is 0 Å². The van der Waals surface area contributed by atoms with Crippen molar-refractivity contribution in [1.82, 2.24) is 25.2 Å². The molecule has 9 heteroatoms. The van der Waals surface area contributed by atoms with Crippen molar-refractivity contribution in [3.05, 3.63) is 23.4 Å². The van der Waals surface area contributed by atoms with E-state index in [1.54, 1.807) is 24.7 Å². The highest BCUT2D eigenvalue weighted by atomic mass is 32.2. The van der Waals surface area contributed by atoms with Gasteiger partial charge in [-0.15, -0.1) is 5.10 Å². The zero-order valence-electron chi connectivity index (χ0n) is 13.2. The number of aromatic nitrogens is 5. The fourth-order valence-electron chi connectivity index (χ4n) is 1.60. The number of carbonyl (C=O) groups is 1. The first-order valence-corrected chi connectivity index (χ1v) is 8.06. The lowest BCUT2D eigenvalue weighted by Gasteiger charge is -2.10. The lowest BCUT2D eigenvalue weighted by atomic mass is 10.2. The van der Waals surface area contributed by atoms with Crippen molar-refractivity contribution < 1.29 is 14.3 Å². The molecule has 0 amide bonds. The monoisotopic (exact) mass is 337 g/mol. The number of nitrogens with one attached hydrogen (secondary N) is 1. The highest BCUT2D eigenvalue weighted by Crippen LogP contribution is 2.22. The predicted molar refractivity (Wildman–Crippen MR) is 86.1 cm³/mol. The van der Waals surface area contributed by atoms with Crippen LogP contribution in [-0.4, -0.2) is 44.4 Å². The molecule has 0 bridgehead atoms. The summed E-state index contributed by atoms with van der Waals surface area (Å²) in [6.45, 7) is 6.59. The summed E-state index contributed by atoms with van der Waals surface area (Å²) in [6.07, 6.45) is 4.75. The molecule has 0 fully saturated rings. The van der Waals surface area contributed by atoms with E-state index in [0.717, 1.165) is 5.03 Å². The van der Waals surface area contributed by atoms with E-state index in [1.807, 2.05) is 13.8 Å². The van der Waals surface area contributed by atoms with Gasteiger partial charge >= 0.3 is 5.97 Å². The van der Waals surface area contributed by atoms with Crippen LogP contribution in [0.15, 0.2) is 22.8 Å². The second-order valence-corrected chi connectivity index (χ2v) is 5.90. The zero-order chi connectivity index (χ0) is 16.7. The van der Waals surface area contributed by atoms with Crippen LogP contribution >= 0.6 is 11.8 Å². The molecule has 0 aliphatic heterocycles. The van der Waals surface area contributed by atoms with Gasteiger partial charge in [-0.25, -0.2) is 9.48 Å². The molecule has 0 atom stereocenters. The standard InChI is InChI=1S/C14H19N5O3S/c1-4-21-14(20)11-7-16-19(13(11)22-9-10(2)3)5-6-23-12-8-15-18-17-12/h5-8,10H,4,9H2,1-3H3,(H,15,17,18)/b6-5-. The maximum atomic E-state index is 12.0. The zero-order valence-corrected chi connectivity index (χ0v) is 14.0. The number of aromatic amines is 1. The number of hydrogen-bond donors (Lipinski definition) is 1. The van der Waals surface area contributed by atoms with Crippen LogP contribution in [0, 0.1) is 5.92 Å². The molecule has 0 unspecified atom stereocenters. The van der Waals surface area contributed by atoms with Crippen LogP contribution < -0.4 is 4.74 Å². The predicted octanol–water partition coefficient (Wildman–Crippen LogP) is 2.43. The number of ether oxygens (including phenoxy) is 2. The number of hydrogen-bond acceptors (Lipinski definition) is 7. The van der Waals surface area contributed by atoms with E-state index in [9.17, 15) is 4.79 Å². The number of esters is 1. The maximum Gasteiger partial charge on any atom is 0.345 e. The molecule has 2 aromatic rings.